The molecule has 0 unspecified atom stereocenters. The average Bonchev–Trinajstić information content (AvgIpc) is 3.15. The first-order chi connectivity index (χ1) is 12.7. The molecular formula is C21H23NO4. The van der Waals surface area contributed by atoms with Crippen LogP contribution in [-0.2, 0) is 13.1 Å². The van der Waals surface area contributed by atoms with Crippen LogP contribution in [0.1, 0.15) is 60.2 Å². The summed E-state index contributed by atoms with van der Waals surface area (Å²) < 4.78 is 18.0. The van der Waals surface area contributed by atoms with Gasteiger partial charge in [-0.2, -0.15) is 0 Å². The number of rotatable bonds is 2. The second kappa shape index (κ2) is 6.16. The van der Waals surface area contributed by atoms with Crippen molar-refractivity contribution in [3.8, 4) is 11.5 Å². The lowest BCUT2D eigenvalue weighted by molar-refractivity contribution is 0.00908. The molecule has 0 amide bonds. The van der Waals surface area contributed by atoms with Crippen molar-refractivity contribution in [1.29, 1.82) is 0 Å². The average molecular weight is 353 g/mol. The summed E-state index contributed by atoms with van der Waals surface area (Å²) in [6.07, 6.45) is 7.65. The third kappa shape index (κ3) is 2.71. The molecule has 0 N–H and O–H groups in total. The zero-order chi connectivity index (χ0) is 17.6. The normalized spacial score (nSPS) is 21.6. The van der Waals surface area contributed by atoms with Gasteiger partial charge in [0, 0.05) is 6.54 Å². The largest absolute Gasteiger partial charge is 0.486 e. The Morgan fingerprint density at radius 2 is 2.00 bits per heavy atom. The van der Waals surface area contributed by atoms with Crippen LogP contribution in [0.3, 0.4) is 0 Å². The molecule has 3 heterocycles. The Bertz CT molecular complexity index is 821. The number of ether oxygens (including phenoxy) is 2. The maximum atomic E-state index is 12.8. The van der Waals surface area contributed by atoms with Gasteiger partial charge in [-0.05, 0) is 49.9 Å². The number of Topliss-reactive ketones (excluding diaryl/α,β-unsaturated/α-hetero) is 1. The SMILES string of the molecule is O=C1CC2(CCCCC2)Oc2c1ccc1c2CN(Cc2ccco2)CO1. The molecule has 1 fully saturated rings. The first kappa shape index (κ1) is 15.9. The fraction of sp³-hybridized carbons (Fsp3) is 0.476. The number of ketones is 1. The van der Waals surface area contributed by atoms with Crippen LogP contribution < -0.4 is 9.47 Å². The number of benzene rings is 1. The van der Waals surface area contributed by atoms with Crippen LogP contribution in [0.25, 0.3) is 0 Å². The summed E-state index contributed by atoms with van der Waals surface area (Å²) in [5.41, 5.74) is 1.41. The van der Waals surface area contributed by atoms with E-state index in [-0.39, 0.29) is 11.4 Å². The van der Waals surface area contributed by atoms with Crippen molar-refractivity contribution >= 4 is 5.78 Å². The van der Waals surface area contributed by atoms with E-state index in [1.807, 2.05) is 24.3 Å². The van der Waals surface area contributed by atoms with Gasteiger partial charge >= 0.3 is 0 Å². The Balaban J connectivity index is 1.47. The van der Waals surface area contributed by atoms with E-state index in [2.05, 4.69) is 4.90 Å². The summed E-state index contributed by atoms with van der Waals surface area (Å²) in [5, 5.41) is 0. The molecule has 2 aromatic rings. The molecular weight excluding hydrogens is 330 g/mol. The van der Waals surface area contributed by atoms with Gasteiger partial charge in [-0.15, -0.1) is 0 Å². The quantitative estimate of drug-likeness (QED) is 0.806. The summed E-state index contributed by atoms with van der Waals surface area (Å²) in [6.45, 7) is 1.88. The lowest BCUT2D eigenvalue weighted by atomic mass is 9.78. The molecule has 5 nitrogen and oxygen atoms in total. The molecule has 2 aliphatic heterocycles. The van der Waals surface area contributed by atoms with E-state index < -0.39 is 0 Å². The smallest absolute Gasteiger partial charge is 0.170 e. The lowest BCUT2D eigenvalue weighted by Gasteiger charge is -2.42. The number of carbonyl (C=O) groups excluding carboxylic acids is 1. The minimum Gasteiger partial charge on any atom is -0.486 e. The second-order valence-corrected chi connectivity index (χ2v) is 7.70. The molecule has 1 spiro atoms. The van der Waals surface area contributed by atoms with Crippen LogP contribution in [0.15, 0.2) is 34.9 Å². The number of hydrogen-bond acceptors (Lipinski definition) is 5. The summed E-state index contributed by atoms with van der Waals surface area (Å²) in [4.78, 5) is 15.0. The molecule has 1 aliphatic carbocycles. The predicted octanol–water partition coefficient (Wildman–Crippen LogP) is 4.30. The van der Waals surface area contributed by atoms with E-state index in [0.29, 0.717) is 31.8 Å². The molecule has 0 atom stereocenters. The van der Waals surface area contributed by atoms with Gasteiger partial charge in [0.25, 0.3) is 0 Å². The molecule has 3 aliphatic rings. The van der Waals surface area contributed by atoms with Crippen LogP contribution in [0.4, 0.5) is 0 Å². The Labute approximate surface area is 152 Å². The Hall–Kier alpha value is -2.27. The molecule has 1 aromatic heterocycles. The molecule has 0 bridgehead atoms. The van der Waals surface area contributed by atoms with Gasteiger partial charge < -0.3 is 13.9 Å². The third-order valence-electron chi connectivity index (χ3n) is 5.83. The number of hydrogen-bond donors (Lipinski definition) is 0. The molecule has 5 rings (SSSR count). The Morgan fingerprint density at radius 1 is 1.12 bits per heavy atom. The predicted molar refractivity (Wildman–Crippen MR) is 95.3 cm³/mol. The van der Waals surface area contributed by atoms with Crippen molar-refractivity contribution in [2.45, 2.75) is 57.2 Å². The van der Waals surface area contributed by atoms with Gasteiger partial charge in [0.05, 0.1) is 30.4 Å². The van der Waals surface area contributed by atoms with E-state index in [1.54, 1.807) is 6.26 Å². The molecule has 1 saturated carbocycles. The molecule has 1 aromatic carbocycles. The monoisotopic (exact) mass is 353 g/mol. The minimum atomic E-state index is -0.305. The maximum absolute atomic E-state index is 12.8. The van der Waals surface area contributed by atoms with Gasteiger partial charge in [0.1, 0.15) is 29.6 Å². The number of furan rings is 1. The zero-order valence-corrected chi connectivity index (χ0v) is 14.8. The Morgan fingerprint density at radius 3 is 2.81 bits per heavy atom. The van der Waals surface area contributed by atoms with Crippen molar-refractivity contribution in [2.75, 3.05) is 6.73 Å². The van der Waals surface area contributed by atoms with E-state index in [9.17, 15) is 4.79 Å². The molecule has 0 radical (unpaired) electrons. The van der Waals surface area contributed by atoms with Crippen molar-refractivity contribution in [2.24, 2.45) is 0 Å². The first-order valence-electron chi connectivity index (χ1n) is 9.48. The van der Waals surface area contributed by atoms with Crippen LogP contribution >= 0.6 is 0 Å². The highest BCUT2D eigenvalue weighted by Crippen LogP contribution is 2.46. The van der Waals surface area contributed by atoms with E-state index in [1.165, 1.54) is 6.42 Å². The summed E-state index contributed by atoms with van der Waals surface area (Å²) >= 11 is 0. The highest BCUT2D eigenvalue weighted by Gasteiger charge is 2.43. The van der Waals surface area contributed by atoms with Gasteiger partial charge in [-0.3, -0.25) is 9.69 Å². The number of fused-ring (bicyclic) bond motifs is 3. The Kier molecular flexibility index (Phi) is 3.78. The van der Waals surface area contributed by atoms with Crippen molar-refractivity contribution in [3.05, 3.63) is 47.4 Å². The van der Waals surface area contributed by atoms with E-state index in [4.69, 9.17) is 13.9 Å². The summed E-state index contributed by atoms with van der Waals surface area (Å²) in [7, 11) is 0. The van der Waals surface area contributed by atoms with Crippen LogP contribution in [-0.4, -0.2) is 23.0 Å². The van der Waals surface area contributed by atoms with Gasteiger partial charge in [0.15, 0.2) is 5.78 Å². The first-order valence-corrected chi connectivity index (χ1v) is 9.48. The summed E-state index contributed by atoms with van der Waals surface area (Å²) in [6, 6.07) is 7.64. The second-order valence-electron chi connectivity index (χ2n) is 7.70. The maximum Gasteiger partial charge on any atom is 0.170 e. The highest BCUT2D eigenvalue weighted by atomic mass is 16.5. The van der Waals surface area contributed by atoms with Crippen molar-refractivity contribution < 1.29 is 18.7 Å². The summed E-state index contributed by atoms with van der Waals surface area (Å²) in [5.74, 6) is 2.70. The highest BCUT2D eigenvalue weighted by molar-refractivity contribution is 6.01. The topological polar surface area (TPSA) is 51.9 Å². The van der Waals surface area contributed by atoms with E-state index in [0.717, 1.165) is 48.5 Å². The number of carbonyl (C=O) groups is 1. The fourth-order valence-electron chi connectivity index (χ4n) is 4.50. The molecule has 26 heavy (non-hydrogen) atoms. The van der Waals surface area contributed by atoms with Crippen molar-refractivity contribution in [3.63, 3.8) is 0 Å². The fourth-order valence-corrected chi connectivity index (χ4v) is 4.50. The minimum absolute atomic E-state index is 0.208. The van der Waals surface area contributed by atoms with Gasteiger partial charge in [0.2, 0.25) is 0 Å². The van der Waals surface area contributed by atoms with Crippen LogP contribution in [0.2, 0.25) is 0 Å². The van der Waals surface area contributed by atoms with Crippen molar-refractivity contribution in [1.82, 2.24) is 4.90 Å². The van der Waals surface area contributed by atoms with Gasteiger partial charge in [-0.1, -0.05) is 6.42 Å². The van der Waals surface area contributed by atoms with Crippen LogP contribution in [0.5, 0.6) is 11.5 Å². The molecule has 136 valence electrons. The molecule has 0 saturated heterocycles. The number of nitrogens with zero attached hydrogens (tertiary/aromatic N) is 1. The van der Waals surface area contributed by atoms with Gasteiger partial charge in [-0.25, -0.2) is 0 Å². The zero-order valence-electron chi connectivity index (χ0n) is 14.8. The van der Waals surface area contributed by atoms with E-state index >= 15 is 0 Å². The molecule has 5 heteroatoms. The van der Waals surface area contributed by atoms with Crippen LogP contribution in [0, 0.1) is 0 Å². The lowest BCUT2D eigenvalue weighted by Crippen LogP contribution is -2.44. The third-order valence-corrected chi connectivity index (χ3v) is 5.83. The standard InChI is InChI=1S/C21H23NO4/c23-18-11-21(8-2-1-3-9-21)26-20-16(18)6-7-19-17(20)13-22(14-25-19)12-15-5-4-10-24-15/h4-7,10H,1-3,8-9,11-14H2.